The predicted molar refractivity (Wildman–Crippen MR) is 104 cm³/mol. The maximum Gasteiger partial charge on any atom is 0.407 e. The zero-order valence-electron chi connectivity index (χ0n) is 15.5. The lowest BCUT2D eigenvalue weighted by molar-refractivity contribution is -0.117. The van der Waals surface area contributed by atoms with E-state index < -0.39 is 6.09 Å². The Morgan fingerprint density at radius 2 is 2.08 bits per heavy atom. The molecule has 138 valence electrons. The molecular formula is C20H24N2O3S. The van der Waals surface area contributed by atoms with Crippen LogP contribution in [-0.4, -0.2) is 24.1 Å². The molecule has 1 aromatic carbocycles. The second-order valence-corrected chi connectivity index (χ2v) is 7.82. The van der Waals surface area contributed by atoms with Crippen LogP contribution < -0.4 is 10.2 Å². The second-order valence-electron chi connectivity index (χ2n) is 6.88. The third-order valence-electron chi connectivity index (χ3n) is 4.46. The predicted octanol–water partition coefficient (Wildman–Crippen LogP) is 4.74. The van der Waals surface area contributed by atoms with E-state index in [1.165, 1.54) is 0 Å². The maximum absolute atomic E-state index is 12.2. The number of thiophene rings is 1. The number of fused-ring (bicyclic) bond motifs is 1. The first-order chi connectivity index (χ1) is 12.4. The molecule has 1 aliphatic rings. The van der Waals surface area contributed by atoms with Crippen molar-refractivity contribution in [2.45, 2.75) is 52.3 Å². The molecule has 0 aliphatic carbocycles. The lowest BCUT2D eigenvalue weighted by Crippen LogP contribution is -2.45. The van der Waals surface area contributed by atoms with Gasteiger partial charge >= 0.3 is 6.09 Å². The highest BCUT2D eigenvalue weighted by Gasteiger charge is 2.33. The molecule has 0 bridgehead atoms. The van der Waals surface area contributed by atoms with Crippen molar-refractivity contribution in [3.63, 3.8) is 0 Å². The fourth-order valence-corrected chi connectivity index (χ4v) is 4.19. The molecule has 0 saturated carbocycles. The molecule has 3 rings (SSSR count). The summed E-state index contributed by atoms with van der Waals surface area (Å²) in [6.07, 6.45) is 0.0378. The number of ether oxygens (including phenoxy) is 1. The van der Waals surface area contributed by atoms with Crippen LogP contribution in [0.15, 0.2) is 35.7 Å². The molecule has 5 nitrogen and oxygen atoms in total. The van der Waals surface area contributed by atoms with Crippen LogP contribution >= 0.6 is 11.3 Å². The molecule has 0 unspecified atom stereocenters. The molecule has 26 heavy (non-hydrogen) atoms. The van der Waals surface area contributed by atoms with Gasteiger partial charge in [-0.3, -0.25) is 4.79 Å². The van der Waals surface area contributed by atoms with Gasteiger partial charge in [-0.2, -0.15) is 0 Å². The number of carbonyl (C=O) groups is 2. The lowest BCUT2D eigenvalue weighted by atomic mass is 9.90. The highest BCUT2D eigenvalue weighted by molar-refractivity contribution is 7.13. The van der Waals surface area contributed by atoms with Gasteiger partial charge in [0, 0.05) is 23.5 Å². The Labute approximate surface area is 158 Å². The number of nitrogens with one attached hydrogen (secondary N) is 1. The molecule has 0 saturated heterocycles. The SMILES string of the molecule is CC(=O)N1c2ccc(-c3cccs3)cc2[C@H](NC(=O)OC(C)C)C[C@@H]1C. The molecule has 1 aromatic heterocycles. The quantitative estimate of drug-likeness (QED) is 0.847. The zero-order chi connectivity index (χ0) is 18.8. The van der Waals surface area contributed by atoms with Gasteiger partial charge in [-0.1, -0.05) is 12.1 Å². The lowest BCUT2D eigenvalue weighted by Gasteiger charge is -2.39. The van der Waals surface area contributed by atoms with E-state index in [-0.39, 0.29) is 24.1 Å². The molecule has 0 spiro atoms. The van der Waals surface area contributed by atoms with Gasteiger partial charge in [0.25, 0.3) is 0 Å². The summed E-state index contributed by atoms with van der Waals surface area (Å²) in [5.74, 6) is 0.00540. The molecule has 1 N–H and O–H groups in total. The average molecular weight is 372 g/mol. The Balaban J connectivity index is 2.00. The number of rotatable bonds is 3. The van der Waals surface area contributed by atoms with E-state index in [0.29, 0.717) is 6.42 Å². The summed E-state index contributed by atoms with van der Waals surface area (Å²) >= 11 is 1.67. The number of anilines is 1. The van der Waals surface area contributed by atoms with E-state index in [2.05, 4.69) is 17.4 Å². The van der Waals surface area contributed by atoms with Gasteiger partial charge in [-0.25, -0.2) is 4.79 Å². The summed E-state index contributed by atoms with van der Waals surface area (Å²) in [6, 6.07) is 9.96. The number of alkyl carbamates (subject to hydrolysis) is 1. The topological polar surface area (TPSA) is 58.6 Å². The molecule has 1 aliphatic heterocycles. The minimum atomic E-state index is -0.430. The van der Waals surface area contributed by atoms with E-state index in [9.17, 15) is 9.59 Å². The minimum absolute atomic E-state index is 0.00284. The summed E-state index contributed by atoms with van der Waals surface area (Å²) < 4.78 is 5.25. The molecule has 0 radical (unpaired) electrons. The van der Waals surface area contributed by atoms with Gasteiger partial charge in [-0.05, 0) is 61.9 Å². The third kappa shape index (κ3) is 3.75. The summed E-state index contributed by atoms with van der Waals surface area (Å²) in [4.78, 5) is 27.3. The highest BCUT2D eigenvalue weighted by Crippen LogP contribution is 2.40. The Kier molecular flexibility index (Phi) is 5.32. The smallest absolute Gasteiger partial charge is 0.407 e. The van der Waals surface area contributed by atoms with Crippen LogP contribution in [0.4, 0.5) is 10.5 Å². The van der Waals surface area contributed by atoms with Crippen molar-refractivity contribution >= 4 is 29.0 Å². The van der Waals surface area contributed by atoms with E-state index in [1.54, 1.807) is 23.2 Å². The maximum atomic E-state index is 12.2. The standard InChI is InChI=1S/C20H24N2O3S/c1-12(2)25-20(24)21-17-10-13(3)22(14(4)23)18-8-7-15(11-16(17)18)19-6-5-9-26-19/h5-9,11-13,17H,10H2,1-4H3,(H,21,24)/t13-,17+/m0/s1. The number of hydrogen-bond acceptors (Lipinski definition) is 4. The van der Waals surface area contributed by atoms with Crippen molar-refractivity contribution in [2.24, 2.45) is 0 Å². The second kappa shape index (κ2) is 7.50. The number of carbonyl (C=O) groups excluding carboxylic acids is 2. The van der Waals surface area contributed by atoms with E-state index in [1.807, 2.05) is 44.4 Å². The van der Waals surface area contributed by atoms with Crippen LogP contribution in [0.5, 0.6) is 0 Å². The largest absolute Gasteiger partial charge is 0.447 e. The van der Waals surface area contributed by atoms with Crippen LogP contribution in [-0.2, 0) is 9.53 Å². The fourth-order valence-electron chi connectivity index (χ4n) is 3.47. The zero-order valence-corrected chi connectivity index (χ0v) is 16.3. The number of amides is 2. The van der Waals surface area contributed by atoms with E-state index >= 15 is 0 Å². The summed E-state index contributed by atoms with van der Waals surface area (Å²) in [5, 5.41) is 5.01. The monoisotopic (exact) mass is 372 g/mol. The van der Waals surface area contributed by atoms with Crippen molar-refractivity contribution in [2.75, 3.05) is 4.90 Å². The van der Waals surface area contributed by atoms with Crippen LogP contribution in [0, 0.1) is 0 Å². The van der Waals surface area contributed by atoms with E-state index in [0.717, 1.165) is 21.7 Å². The van der Waals surface area contributed by atoms with Crippen molar-refractivity contribution in [1.82, 2.24) is 5.32 Å². The number of benzene rings is 1. The van der Waals surface area contributed by atoms with Crippen LogP contribution in [0.2, 0.25) is 0 Å². The molecule has 2 heterocycles. The van der Waals surface area contributed by atoms with Crippen LogP contribution in [0.1, 0.15) is 45.7 Å². The Morgan fingerprint density at radius 3 is 2.69 bits per heavy atom. The first-order valence-corrected chi connectivity index (χ1v) is 9.69. The van der Waals surface area contributed by atoms with Gasteiger partial charge in [0.1, 0.15) is 0 Å². The van der Waals surface area contributed by atoms with Gasteiger partial charge in [0.2, 0.25) is 5.91 Å². The van der Waals surface area contributed by atoms with Crippen LogP contribution in [0.25, 0.3) is 10.4 Å². The Bertz CT molecular complexity index is 801. The van der Waals surface area contributed by atoms with Gasteiger partial charge < -0.3 is 15.0 Å². The van der Waals surface area contributed by atoms with Crippen molar-refractivity contribution in [3.8, 4) is 10.4 Å². The first kappa shape index (κ1) is 18.5. The molecule has 2 aromatic rings. The normalized spacial score (nSPS) is 19.2. The first-order valence-electron chi connectivity index (χ1n) is 8.81. The van der Waals surface area contributed by atoms with Gasteiger partial charge in [-0.15, -0.1) is 11.3 Å². The van der Waals surface area contributed by atoms with Gasteiger partial charge in [0.15, 0.2) is 0 Å². The molecular weight excluding hydrogens is 348 g/mol. The number of nitrogens with zero attached hydrogens (tertiary/aromatic N) is 1. The average Bonchev–Trinajstić information content (AvgIpc) is 3.07. The van der Waals surface area contributed by atoms with Crippen molar-refractivity contribution in [1.29, 1.82) is 0 Å². The minimum Gasteiger partial charge on any atom is -0.447 e. The van der Waals surface area contributed by atoms with Crippen LogP contribution in [0.3, 0.4) is 0 Å². The van der Waals surface area contributed by atoms with E-state index in [4.69, 9.17) is 4.74 Å². The Hall–Kier alpha value is -2.34. The summed E-state index contributed by atoms with van der Waals surface area (Å²) in [7, 11) is 0. The third-order valence-corrected chi connectivity index (χ3v) is 5.38. The molecule has 0 fully saturated rings. The molecule has 2 amide bonds. The summed E-state index contributed by atoms with van der Waals surface area (Å²) in [5.41, 5.74) is 2.89. The molecule has 2 atom stereocenters. The molecule has 6 heteroatoms. The number of hydrogen-bond donors (Lipinski definition) is 1. The summed E-state index contributed by atoms with van der Waals surface area (Å²) in [6.45, 7) is 7.22. The van der Waals surface area contributed by atoms with Gasteiger partial charge in [0.05, 0.1) is 12.1 Å². The van der Waals surface area contributed by atoms with Crippen molar-refractivity contribution in [3.05, 3.63) is 41.3 Å². The van der Waals surface area contributed by atoms with Crippen molar-refractivity contribution < 1.29 is 14.3 Å². The Morgan fingerprint density at radius 1 is 1.31 bits per heavy atom. The highest BCUT2D eigenvalue weighted by atomic mass is 32.1. The fraction of sp³-hybridized carbons (Fsp3) is 0.400.